The minimum atomic E-state index is -3.45. The molecule has 9 nitrogen and oxygen atoms in total. The van der Waals surface area contributed by atoms with E-state index in [-0.39, 0.29) is 18.5 Å². The maximum Gasteiger partial charge on any atom is 0.250 e. The van der Waals surface area contributed by atoms with E-state index in [1.54, 1.807) is 36.5 Å². The van der Waals surface area contributed by atoms with Crippen LogP contribution in [0.25, 0.3) is 0 Å². The molecule has 1 aliphatic rings. The number of likely N-dealkylation sites (N-methyl/N-ethyl adjacent to an activating group) is 1. The Morgan fingerprint density at radius 2 is 2.07 bits per heavy atom. The quantitative estimate of drug-likeness (QED) is 0.284. The first-order chi connectivity index (χ1) is 13.8. The SMILES string of the molecule is CCNC(=NCCNS(=O)(=O)c1cccs1)NC1CCN(CC(=O)N(C)C)CC1. The predicted octanol–water partition coefficient (Wildman–Crippen LogP) is 0.134. The summed E-state index contributed by atoms with van der Waals surface area (Å²) in [5.41, 5.74) is 0. The maximum atomic E-state index is 12.1. The van der Waals surface area contributed by atoms with E-state index >= 15 is 0 Å². The number of carbonyl (C=O) groups excluding carboxylic acids is 1. The Hall–Kier alpha value is -1.69. The van der Waals surface area contributed by atoms with E-state index in [0.717, 1.165) is 32.5 Å². The van der Waals surface area contributed by atoms with E-state index in [0.29, 0.717) is 23.3 Å². The van der Waals surface area contributed by atoms with Crippen LogP contribution in [0.4, 0.5) is 0 Å². The van der Waals surface area contributed by atoms with Crippen molar-refractivity contribution in [2.24, 2.45) is 4.99 Å². The summed E-state index contributed by atoms with van der Waals surface area (Å²) in [5.74, 6) is 0.807. The summed E-state index contributed by atoms with van der Waals surface area (Å²) in [4.78, 5) is 20.1. The van der Waals surface area contributed by atoms with E-state index in [1.165, 1.54) is 11.3 Å². The average Bonchev–Trinajstić information content (AvgIpc) is 3.22. The van der Waals surface area contributed by atoms with Crippen LogP contribution in [0.1, 0.15) is 19.8 Å². The van der Waals surface area contributed by atoms with Gasteiger partial charge in [0.1, 0.15) is 4.21 Å². The number of hydrogen-bond acceptors (Lipinski definition) is 6. The fourth-order valence-electron chi connectivity index (χ4n) is 2.92. The highest BCUT2D eigenvalue weighted by molar-refractivity contribution is 7.91. The van der Waals surface area contributed by atoms with E-state index in [4.69, 9.17) is 0 Å². The van der Waals surface area contributed by atoms with Gasteiger partial charge in [-0.05, 0) is 31.2 Å². The summed E-state index contributed by atoms with van der Waals surface area (Å²) in [6, 6.07) is 3.58. The number of hydrogen-bond donors (Lipinski definition) is 3. The normalized spacial score (nSPS) is 16.6. The Labute approximate surface area is 177 Å². The lowest BCUT2D eigenvalue weighted by molar-refractivity contribution is -0.130. The highest BCUT2D eigenvalue weighted by Crippen LogP contribution is 2.14. The molecule has 0 aromatic carbocycles. The van der Waals surface area contributed by atoms with Gasteiger partial charge in [-0.1, -0.05) is 6.07 Å². The first-order valence-corrected chi connectivity index (χ1v) is 12.2. The van der Waals surface area contributed by atoms with Gasteiger partial charge < -0.3 is 15.5 Å². The predicted molar refractivity (Wildman–Crippen MR) is 117 cm³/mol. The maximum absolute atomic E-state index is 12.1. The molecule has 2 rings (SSSR count). The van der Waals surface area contributed by atoms with Crippen molar-refractivity contribution in [1.82, 2.24) is 25.2 Å². The van der Waals surface area contributed by atoms with Gasteiger partial charge in [-0.2, -0.15) is 0 Å². The topological polar surface area (TPSA) is 106 Å². The van der Waals surface area contributed by atoms with Crippen molar-refractivity contribution in [3.05, 3.63) is 17.5 Å². The van der Waals surface area contributed by atoms with Crippen LogP contribution < -0.4 is 15.4 Å². The van der Waals surface area contributed by atoms with Gasteiger partial charge in [0, 0.05) is 46.3 Å². The molecule has 2 heterocycles. The van der Waals surface area contributed by atoms with Crippen molar-refractivity contribution < 1.29 is 13.2 Å². The molecular formula is C18H32N6O3S2. The summed E-state index contributed by atoms with van der Waals surface area (Å²) in [5, 5.41) is 8.36. The summed E-state index contributed by atoms with van der Waals surface area (Å²) in [6.07, 6.45) is 1.85. The van der Waals surface area contributed by atoms with Gasteiger partial charge in [-0.15, -0.1) is 11.3 Å². The Bertz CT molecular complexity index is 757. The molecule has 0 unspecified atom stereocenters. The number of carbonyl (C=O) groups is 1. The lowest BCUT2D eigenvalue weighted by atomic mass is 10.1. The van der Waals surface area contributed by atoms with E-state index in [1.807, 2.05) is 6.92 Å². The third-order valence-corrected chi connectivity index (χ3v) is 7.42. The molecule has 0 saturated carbocycles. The van der Waals surface area contributed by atoms with E-state index < -0.39 is 10.0 Å². The number of piperidine rings is 1. The highest BCUT2D eigenvalue weighted by Gasteiger charge is 2.22. The third-order valence-electron chi connectivity index (χ3n) is 4.56. The van der Waals surface area contributed by atoms with Crippen LogP contribution in [0, 0.1) is 0 Å². The molecule has 29 heavy (non-hydrogen) atoms. The number of guanidine groups is 1. The summed E-state index contributed by atoms with van der Waals surface area (Å²) < 4.78 is 27.1. The molecule has 0 atom stereocenters. The first-order valence-electron chi connectivity index (χ1n) is 9.82. The van der Waals surface area contributed by atoms with Crippen molar-refractivity contribution in [2.75, 3.05) is 53.4 Å². The molecule has 11 heteroatoms. The Balaban J connectivity index is 1.77. The van der Waals surface area contributed by atoms with Crippen molar-refractivity contribution in [3.63, 3.8) is 0 Å². The second-order valence-corrected chi connectivity index (χ2v) is 10.0. The molecule has 1 aromatic heterocycles. The number of likely N-dealkylation sites (tertiary alicyclic amines) is 1. The van der Waals surface area contributed by atoms with Crippen LogP contribution in [-0.4, -0.2) is 89.5 Å². The summed E-state index contributed by atoms with van der Waals surface area (Å²) >= 11 is 1.19. The minimum Gasteiger partial charge on any atom is -0.357 e. The Morgan fingerprint density at radius 3 is 2.66 bits per heavy atom. The lowest BCUT2D eigenvalue weighted by Crippen LogP contribution is -2.50. The molecule has 0 spiro atoms. The summed E-state index contributed by atoms with van der Waals surface area (Å²) in [7, 11) is 0.0935. The minimum absolute atomic E-state index is 0.122. The largest absolute Gasteiger partial charge is 0.357 e. The Morgan fingerprint density at radius 1 is 1.34 bits per heavy atom. The molecule has 164 valence electrons. The number of aliphatic imine (C=N–C) groups is 1. The van der Waals surface area contributed by atoms with Crippen LogP contribution in [-0.2, 0) is 14.8 Å². The molecule has 1 aromatic rings. The third kappa shape index (κ3) is 7.92. The van der Waals surface area contributed by atoms with Crippen molar-refractivity contribution in [1.29, 1.82) is 0 Å². The van der Waals surface area contributed by atoms with Crippen LogP contribution in [0.3, 0.4) is 0 Å². The molecule has 1 fully saturated rings. The standard InChI is InChI=1S/C18H32N6O3S2/c1-4-19-18(20-9-10-21-29(26,27)17-6-5-13-28-17)22-15-7-11-24(12-8-15)14-16(25)23(2)3/h5-6,13,15,21H,4,7-12,14H2,1-3H3,(H2,19,20,22). The van der Waals surface area contributed by atoms with Crippen molar-refractivity contribution >= 4 is 33.2 Å². The molecule has 0 radical (unpaired) electrons. The van der Waals surface area contributed by atoms with Gasteiger partial charge in [0.2, 0.25) is 15.9 Å². The molecule has 1 saturated heterocycles. The average molecular weight is 445 g/mol. The molecule has 1 aliphatic heterocycles. The number of nitrogens with one attached hydrogen (secondary N) is 3. The number of thiophene rings is 1. The Kier molecular flexibility index (Phi) is 9.34. The lowest BCUT2D eigenvalue weighted by Gasteiger charge is -2.33. The van der Waals surface area contributed by atoms with Gasteiger partial charge in [0.05, 0.1) is 13.1 Å². The van der Waals surface area contributed by atoms with Gasteiger partial charge >= 0.3 is 0 Å². The zero-order valence-corrected chi connectivity index (χ0v) is 19.0. The zero-order valence-electron chi connectivity index (χ0n) is 17.3. The molecule has 0 aliphatic carbocycles. The van der Waals surface area contributed by atoms with E-state index in [2.05, 4.69) is 25.2 Å². The van der Waals surface area contributed by atoms with Crippen LogP contribution in [0.2, 0.25) is 0 Å². The van der Waals surface area contributed by atoms with Crippen LogP contribution >= 0.6 is 11.3 Å². The number of sulfonamides is 1. The van der Waals surface area contributed by atoms with Crippen molar-refractivity contribution in [2.45, 2.75) is 30.0 Å². The van der Waals surface area contributed by atoms with Gasteiger partial charge in [0.15, 0.2) is 5.96 Å². The molecular weight excluding hydrogens is 412 g/mol. The number of nitrogens with zero attached hydrogens (tertiary/aromatic N) is 3. The van der Waals surface area contributed by atoms with Gasteiger partial charge in [-0.3, -0.25) is 14.7 Å². The first kappa shape index (κ1) is 23.6. The molecule has 1 amide bonds. The zero-order chi connectivity index (χ0) is 21.3. The van der Waals surface area contributed by atoms with E-state index in [9.17, 15) is 13.2 Å². The second-order valence-electron chi connectivity index (χ2n) is 7.07. The van der Waals surface area contributed by atoms with Gasteiger partial charge in [0.25, 0.3) is 0 Å². The van der Waals surface area contributed by atoms with Crippen LogP contribution in [0.15, 0.2) is 26.7 Å². The highest BCUT2D eigenvalue weighted by atomic mass is 32.2. The monoisotopic (exact) mass is 444 g/mol. The smallest absolute Gasteiger partial charge is 0.250 e. The van der Waals surface area contributed by atoms with Crippen molar-refractivity contribution in [3.8, 4) is 0 Å². The molecule has 0 bridgehead atoms. The van der Waals surface area contributed by atoms with Gasteiger partial charge in [-0.25, -0.2) is 13.1 Å². The fraction of sp³-hybridized carbons (Fsp3) is 0.667. The van der Waals surface area contributed by atoms with Crippen LogP contribution in [0.5, 0.6) is 0 Å². The molecule has 3 N–H and O–H groups in total. The summed E-state index contributed by atoms with van der Waals surface area (Å²) in [6.45, 7) is 5.47. The second kappa shape index (κ2) is 11.5. The number of rotatable bonds is 9. The number of amides is 1. The fourth-order valence-corrected chi connectivity index (χ4v) is 4.98.